The molecule has 1 aliphatic rings. The van der Waals surface area contributed by atoms with Gasteiger partial charge in [-0.15, -0.1) is 11.3 Å². The Labute approximate surface area is 132 Å². The molecule has 1 aliphatic heterocycles. The van der Waals surface area contributed by atoms with Gasteiger partial charge < -0.3 is 14.6 Å². The van der Waals surface area contributed by atoms with E-state index in [4.69, 9.17) is 9.47 Å². The average Bonchev–Trinajstić information content (AvgIpc) is 2.97. The molecular weight excluding hydrogens is 304 g/mol. The lowest BCUT2D eigenvalue weighted by atomic mass is 10.0. The van der Waals surface area contributed by atoms with Crippen molar-refractivity contribution in [1.82, 2.24) is 0 Å². The zero-order valence-electron chi connectivity index (χ0n) is 12.1. The second kappa shape index (κ2) is 6.30. The van der Waals surface area contributed by atoms with Crippen LogP contribution in [-0.4, -0.2) is 25.1 Å². The molecule has 21 heavy (non-hydrogen) atoms. The standard InChI is InChI=1S/C16H18O3S2/c1-18-11-4-3-5-12(19-2)15(11)16(17)14-8-10-9-20-7-6-13(10)21-14/h3-5,8,16-17H,6-7,9H2,1-2H3. The largest absolute Gasteiger partial charge is 0.496 e. The Bertz CT molecular complexity index is 591. The van der Waals surface area contributed by atoms with Gasteiger partial charge in [0.05, 0.1) is 19.8 Å². The molecule has 2 heterocycles. The quantitative estimate of drug-likeness (QED) is 0.933. The summed E-state index contributed by atoms with van der Waals surface area (Å²) in [7, 11) is 3.22. The predicted molar refractivity (Wildman–Crippen MR) is 87.8 cm³/mol. The van der Waals surface area contributed by atoms with Gasteiger partial charge in [-0.25, -0.2) is 0 Å². The summed E-state index contributed by atoms with van der Waals surface area (Å²) in [5, 5.41) is 10.8. The van der Waals surface area contributed by atoms with Crippen LogP contribution in [0.3, 0.4) is 0 Å². The summed E-state index contributed by atoms with van der Waals surface area (Å²) in [6.07, 6.45) is 0.386. The summed E-state index contributed by atoms with van der Waals surface area (Å²) in [6, 6.07) is 7.70. The number of thiophene rings is 1. The van der Waals surface area contributed by atoms with Gasteiger partial charge in [-0.3, -0.25) is 0 Å². The maximum Gasteiger partial charge on any atom is 0.128 e. The van der Waals surface area contributed by atoms with Crippen molar-refractivity contribution in [2.24, 2.45) is 0 Å². The molecule has 1 aromatic carbocycles. The van der Waals surface area contributed by atoms with Crippen LogP contribution in [0.15, 0.2) is 24.3 Å². The highest BCUT2D eigenvalue weighted by molar-refractivity contribution is 7.98. The summed E-state index contributed by atoms with van der Waals surface area (Å²) < 4.78 is 10.8. The Morgan fingerprint density at radius 2 is 1.90 bits per heavy atom. The van der Waals surface area contributed by atoms with Gasteiger partial charge in [-0.2, -0.15) is 11.8 Å². The molecule has 5 heteroatoms. The normalized spacial score (nSPS) is 15.4. The molecule has 2 aromatic rings. The Kier molecular flexibility index (Phi) is 4.42. The Morgan fingerprint density at radius 3 is 2.52 bits per heavy atom. The molecule has 3 nitrogen and oxygen atoms in total. The number of fused-ring (bicyclic) bond motifs is 1. The van der Waals surface area contributed by atoms with Gasteiger partial charge in [0.15, 0.2) is 0 Å². The molecule has 3 rings (SSSR count). The van der Waals surface area contributed by atoms with Crippen molar-refractivity contribution in [3.63, 3.8) is 0 Å². The van der Waals surface area contributed by atoms with Crippen LogP contribution in [0, 0.1) is 0 Å². The SMILES string of the molecule is COc1cccc(OC)c1C(O)c1cc2c(s1)CCSC2. The van der Waals surface area contributed by atoms with Crippen molar-refractivity contribution >= 4 is 23.1 Å². The fourth-order valence-electron chi connectivity index (χ4n) is 2.60. The smallest absolute Gasteiger partial charge is 0.128 e. The molecule has 1 aromatic heterocycles. The van der Waals surface area contributed by atoms with Crippen LogP contribution in [0.25, 0.3) is 0 Å². The number of aliphatic hydroxyl groups is 1. The van der Waals surface area contributed by atoms with Gasteiger partial charge >= 0.3 is 0 Å². The molecule has 0 bridgehead atoms. The molecule has 0 amide bonds. The number of methoxy groups -OCH3 is 2. The Morgan fingerprint density at radius 1 is 1.19 bits per heavy atom. The summed E-state index contributed by atoms with van der Waals surface area (Å²) in [5.74, 6) is 3.52. The molecule has 0 saturated heterocycles. The number of ether oxygens (including phenoxy) is 2. The van der Waals surface area contributed by atoms with Crippen LogP contribution in [0.2, 0.25) is 0 Å². The van der Waals surface area contributed by atoms with Crippen molar-refractivity contribution < 1.29 is 14.6 Å². The van der Waals surface area contributed by atoms with Crippen LogP contribution in [0.4, 0.5) is 0 Å². The maximum atomic E-state index is 10.8. The van der Waals surface area contributed by atoms with Crippen molar-refractivity contribution in [2.45, 2.75) is 18.3 Å². The van der Waals surface area contributed by atoms with E-state index >= 15 is 0 Å². The molecule has 0 radical (unpaired) electrons. The van der Waals surface area contributed by atoms with Crippen molar-refractivity contribution in [3.8, 4) is 11.5 Å². The van der Waals surface area contributed by atoms with E-state index in [2.05, 4.69) is 6.07 Å². The second-order valence-electron chi connectivity index (χ2n) is 4.88. The highest BCUT2D eigenvalue weighted by Crippen LogP contribution is 2.42. The first-order valence-corrected chi connectivity index (χ1v) is 8.80. The summed E-state index contributed by atoms with van der Waals surface area (Å²) in [4.78, 5) is 2.36. The first-order chi connectivity index (χ1) is 10.2. The van der Waals surface area contributed by atoms with E-state index < -0.39 is 6.10 Å². The number of aryl methyl sites for hydroxylation is 1. The number of hydrogen-bond acceptors (Lipinski definition) is 5. The van der Waals surface area contributed by atoms with Crippen molar-refractivity contribution in [2.75, 3.05) is 20.0 Å². The average molecular weight is 322 g/mol. The Balaban J connectivity index is 2.01. The highest BCUT2D eigenvalue weighted by Gasteiger charge is 2.24. The minimum atomic E-state index is -0.711. The van der Waals surface area contributed by atoms with Gasteiger partial charge in [0.2, 0.25) is 0 Å². The predicted octanol–water partition coefficient (Wildman–Crippen LogP) is 3.64. The molecular formula is C16H18O3S2. The Hall–Kier alpha value is -1.17. The van der Waals surface area contributed by atoms with E-state index in [1.807, 2.05) is 30.0 Å². The third kappa shape index (κ3) is 2.78. The van der Waals surface area contributed by atoms with E-state index in [9.17, 15) is 5.11 Å². The van der Waals surface area contributed by atoms with E-state index in [0.29, 0.717) is 17.1 Å². The van der Waals surface area contributed by atoms with Gasteiger partial charge in [-0.05, 0) is 35.9 Å². The second-order valence-corrected chi connectivity index (χ2v) is 7.15. The fraction of sp³-hybridized carbons (Fsp3) is 0.375. The zero-order valence-corrected chi connectivity index (χ0v) is 13.7. The number of benzene rings is 1. The van der Waals surface area contributed by atoms with Crippen LogP contribution >= 0.6 is 23.1 Å². The molecule has 0 spiro atoms. The third-order valence-electron chi connectivity index (χ3n) is 3.66. The van der Waals surface area contributed by atoms with Gasteiger partial charge in [0, 0.05) is 15.5 Å². The van der Waals surface area contributed by atoms with E-state index in [1.54, 1.807) is 25.6 Å². The van der Waals surface area contributed by atoms with Crippen LogP contribution in [-0.2, 0) is 12.2 Å². The lowest BCUT2D eigenvalue weighted by Crippen LogP contribution is -2.03. The van der Waals surface area contributed by atoms with Crippen LogP contribution in [0.5, 0.6) is 11.5 Å². The van der Waals surface area contributed by atoms with Gasteiger partial charge in [-0.1, -0.05) is 6.07 Å². The number of rotatable bonds is 4. The van der Waals surface area contributed by atoms with E-state index in [1.165, 1.54) is 16.2 Å². The summed E-state index contributed by atoms with van der Waals surface area (Å²) >= 11 is 3.65. The number of hydrogen-bond donors (Lipinski definition) is 1. The van der Waals surface area contributed by atoms with Crippen LogP contribution in [0.1, 0.15) is 27.0 Å². The third-order valence-corrected chi connectivity index (χ3v) is 5.95. The summed E-state index contributed by atoms with van der Waals surface area (Å²) in [6.45, 7) is 0. The highest BCUT2D eigenvalue weighted by atomic mass is 32.2. The maximum absolute atomic E-state index is 10.8. The van der Waals surface area contributed by atoms with Crippen molar-refractivity contribution in [3.05, 3.63) is 45.1 Å². The van der Waals surface area contributed by atoms with E-state index in [0.717, 1.165) is 17.1 Å². The number of thioether (sulfide) groups is 1. The first-order valence-electron chi connectivity index (χ1n) is 6.82. The minimum absolute atomic E-state index is 0.655. The van der Waals surface area contributed by atoms with Gasteiger partial charge in [0.1, 0.15) is 17.6 Å². The molecule has 112 valence electrons. The molecule has 0 aliphatic carbocycles. The van der Waals surface area contributed by atoms with Crippen LogP contribution < -0.4 is 9.47 Å². The van der Waals surface area contributed by atoms with Gasteiger partial charge in [0.25, 0.3) is 0 Å². The van der Waals surface area contributed by atoms with E-state index in [-0.39, 0.29) is 0 Å². The molecule has 1 N–H and O–H groups in total. The fourth-order valence-corrected chi connectivity index (χ4v) is 4.97. The topological polar surface area (TPSA) is 38.7 Å². The minimum Gasteiger partial charge on any atom is -0.496 e. The van der Waals surface area contributed by atoms with Crippen molar-refractivity contribution in [1.29, 1.82) is 0 Å². The lowest BCUT2D eigenvalue weighted by Gasteiger charge is -2.17. The molecule has 0 saturated carbocycles. The first kappa shape index (κ1) is 14.8. The molecule has 1 unspecified atom stereocenters. The monoisotopic (exact) mass is 322 g/mol. The molecule has 0 fully saturated rings. The number of aliphatic hydroxyl groups excluding tert-OH is 1. The summed E-state index contributed by atoms with van der Waals surface area (Å²) in [5.41, 5.74) is 2.06. The lowest BCUT2D eigenvalue weighted by molar-refractivity contribution is 0.212. The zero-order chi connectivity index (χ0) is 14.8. The molecule has 1 atom stereocenters.